The van der Waals surface area contributed by atoms with Crippen molar-refractivity contribution in [2.75, 3.05) is 11.9 Å². The van der Waals surface area contributed by atoms with Gasteiger partial charge in [0.15, 0.2) is 18.1 Å². The lowest BCUT2D eigenvalue weighted by Gasteiger charge is -2.12. The van der Waals surface area contributed by atoms with E-state index in [4.69, 9.17) is 27.9 Å². The summed E-state index contributed by atoms with van der Waals surface area (Å²) in [5, 5.41) is 7.52. The second-order valence-electron chi connectivity index (χ2n) is 6.90. The summed E-state index contributed by atoms with van der Waals surface area (Å²) in [6, 6.07) is 8.70. The lowest BCUT2D eigenvalue weighted by atomic mass is 10.1. The Morgan fingerprint density at radius 3 is 2.43 bits per heavy atom. The quantitative estimate of drug-likeness (QED) is 0.578. The molecule has 1 N–H and O–H groups in total. The van der Waals surface area contributed by atoms with Gasteiger partial charge < -0.3 is 10.1 Å². The molecule has 2 heterocycles. The van der Waals surface area contributed by atoms with Crippen molar-refractivity contribution >= 4 is 40.8 Å². The van der Waals surface area contributed by atoms with Crippen molar-refractivity contribution in [3.05, 3.63) is 68.6 Å². The third kappa shape index (κ3) is 4.80. The lowest BCUT2D eigenvalue weighted by molar-refractivity contribution is -0.119. The molecule has 9 heteroatoms. The van der Waals surface area contributed by atoms with Crippen LogP contribution < -0.4 is 5.32 Å². The summed E-state index contributed by atoms with van der Waals surface area (Å²) >= 11 is 12.3. The van der Waals surface area contributed by atoms with Crippen molar-refractivity contribution in [1.29, 1.82) is 0 Å². The molecule has 30 heavy (non-hydrogen) atoms. The molecule has 0 unspecified atom stereocenters. The van der Waals surface area contributed by atoms with Crippen molar-refractivity contribution in [3.63, 3.8) is 0 Å². The van der Waals surface area contributed by atoms with E-state index < -0.39 is 18.5 Å². The van der Waals surface area contributed by atoms with Crippen molar-refractivity contribution in [2.24, 2.45) is 0 Å². The molecule has 0 aliphatic heterocycles. The number of rotatable bonds is 5. The number of pyridine rings is 1. The smallest absolute Gasteiger partial charge is 0.359 e. The van der Waals surface area contributed by atoms with Crippen LogP contribution >= 0.6 is 23.2 Å². The lowest BCUT2D eigenvalue weighted by Crippen LogP contribution is -2.22. The molecule has 3 aromatic rings. The van der Waals surface area contributed by atoms with Crippen molar-refractivity contribution in [2.45, 2.75) is 27.7 Å². The number of nitrogens with one attached hydrogen (secondary N) is 1. The van der Waals surface area contributed by atoms with Crippen molar-refractivity contribution in [3.8, 4) is 5.82 Å². The maximum absolute atomic E-state index is 12.5. The van der Waals surface area contributed by atoms with Crippen LogP contribution in [0.15, 0.2) is 30.3 Å². The third-order valence-electron chi connectivity index (χ3n) is 4.28. The Bertz CT molecular complexity index is 1120. The van der Waals surface area contributed by atoms with Crippen LogP contribution in [-0.2, 0) is 9.53 Å². The molecule has 0 aliphatic rings. The van der Waals surface area contributed by atoms with Crippen LogP contribution in [0.2, 0.25) is 10.0 Å². The van der Waals surface area contributed by atoms with E-state index in [1.807, 2.05) is 39.8 Å². The summed E-state index contributed by atoms with van der Waals surface area (Å²) in [5.41, 5.74) is 3.83. The molecule has 0 fully saturated rings. The predicted molar refractivity (Wildman–Crippen MR) is 116 cm³/mol. The second-order valence-corrected chi connectivity index (χ2v) is 7.72. The van der Waals surface area contributed by atoms with E-state index in [0.29, 0.717) is 16.5 Å². The maximum Gasteiger partial charge on any atom is 0.359 e. The molecule has 0 radical (unpaired) electrons. The Balaban J connectivity index is 1.71. The molecule has 156 valence electrons. The molecule has 7 nitrogen and oxygen atoms in total. The molecule has 0 bridgehead atoms. The van der Waals surface area contributed by atoms with Gasteiger partial charge in [-0.1, -0.05) is 29.3 Å². The zero-order valence-electron chi connectivity index (χ0n) is 16.9. The highest BCUT2D eigenvalue weighted by atomic mass is 35.5. The topological polar surface area (TPSA) is 86.1 Å². The van der Waals surface area contributed by atoms with E-state index in [2.05, 4.69) is 15.4 Å². The van der Waals surface area contributed by atoms with E-state index in [9.17, 15) is 9.59 Å². The zero-order valence-corrected chi connectivity index (χ0v) is 18.4. The van der Waals surface area contributed by atoms with Gasteiger partial charge in [0, 0.05) is 5.69 Å². The number of benzene rings is 1. The van der Waals surface area contributed by atoms with Crippen LogP contribution in [0.25, 0.3) is 5.82 Å². The highest BCUT2D eigenvalue weighted by Gasteiger charge is 2.18. The normalized spacial score (nSPS) is 10.7. The van der Waals surface area contributed by atoms with Gasteiger partial charge in [-0.3, -0.25) is 4.79 Å². The number of aryl methyl sites for hydroxylation is 4. The first kappa shape index (κ1) is 21.8. The van der Waals surface area contributed by atoms with Gasteiger partial charge in [-0.05, 0) is 63.1 Å². The number of nitrogens with zero attached hydrogens (tertiary/aromatic N) is 3. The fourth-order valence-electron chi connectivity index (χ4n) is 3.00. The van der Waals surface area contributed by atoms with Crippen LogP contribution in [0, 0.1) is 27.7 Å². The minimum Gasteiger partial charge on any atom is -0.451 e. The molecule has 0 saturated heterocycles. The molecule has 0 spiro atoms. The molecule has 0 aliphatic carbocycles. The standard InChI is InChI=1S/C21H20Cl2N4O3/c1-11-7-12(2)19(16(23)8-11)25-18(28)10-30-21(29)20-15(22)5-6-17(24-20)27-14(4)9-13(3)26-27/h5-9H,10H2,1-4H3,(H,25,28). The number of carbonyl (C=O) groups is 2. The van der Waals surface area contributed by atoms with Gasteiger partial charge >= 0.3 is 5.97 Å². The Labute approximate surface area is 184 Å². The largest absolute Gasteiger partial charge is 0.451 e. The van der Waals surface area contributed by atoms with Gasteiger partial charge in [0.05, 0.1) is 21.4 Å². The first-order valence-corrected chi connectivity index (χ1v) is 9.85. The average Bonchev–Trinajstić information content (AvgIpc) is 3.01. The van der Waals surface area contributed by atoms with E-state index in [1.54, 1.807) is 16.8 Å². The molecule has 2 aromatic heterocycles. The number of hydrogen-bond acceptors (Lipinski definition) is 5. The molecule has 0 saturated carbocycles. The number of carbonyl (C=O) groups excluding carboxylic acids is 2. The van der Waals surface area contributed by atoms with E-state index in [-0.39, 0.29) is 10.7 Å². The fourth-order valence-corrected chi connectivity index (χ4v) is 3.55. The first-order valence-electron chi connectivity index (χ1n) is 9.09. The van der Waals surface area contributed by atoms with Crippen LogP contribution in [-0.4, -0.2) is 33.2 Å². The van der Waals surface area contributed by atoms with Gasteiger partial charge in [-0.25, -0.2) is 14.5 Å². The summed E-state index contributed by atoms with van der Waals surface area (Å²) in [4.78, 5) is 29.0. The Kier molecular flexibility index (Phi) is 6.43. The molecule has 1 amide bonds. The molecular weight excluding hydrogens is 427 g/mol. The van der Waals surface area contributed by atoms with Crippen molar-refractivity contribution < 1.29 is 14.3 Å². The number of halogens is 2. The third-order valence-corrected chi connectivity index (χ3v) is 4.88. The fraction of sp³-hybridized carbons (Fsp3) is 0.238. The average molecular weight is 447 g/mol. The number of hydrogen-bond donors (Lipinski definition) is 1. The number of amides is 1. The van der Waals surface area contributed by atoms with Gasteiger partial charge in [0.2, 0.25) is 0 Å². The Morgan fingerprint density at radius 1 is 1.07 bits per heavy atom. The van der Waals surface area contributed by atoms with E-state index in [0.717, 1.165) is 22.5 Å². The number of anilines is 1. The summed E-state index contributed by atoms with van der Waals surface area (Å²) < 4.78 is 6.70. The van der Waals surface area contributed by atoms with Gasteiger partial charge in [0.25, 0.3) is 5.91 Å². The molecule has 1 aromatic carbocycles. The van der Waals surface area contributed by atoms with Crippen LogP contribution in [0.3, 0.4) is 0 Å². The Hall–Kier alpha value is -2.90. The van der Waals surface area contributed by atoms with E-state index in [1.165, 1.54) is 6.07 Å². The van der Waals surface area contributed by atoms with Gasteiger partial charge in [-0.15, -0.1) is 0 Å². The molecular formula is C21H20Cl2N4O3. The summed E-state index contributed by atoms with van der Waals surface area (Å²) in [6.45, 7) is 6.95. The summed E-state index contributed by atoms with van der Waals surface area (Å²) in [6.07, 6.45) is 0. The van der Waals surface area contributed by atoms with Crippen LogP contribution in [0.1, 0.15) is 33.0 Å². The van der Waals surface area contributed by atoms with Crippen molar-refractivity contribution in [1.82, 2.24) is 14.8 Å². The van der Waals surface area contributed by atoms with Gasteiger partial charge in [-0.2, -0.15) is 5.10 Å². The zero-order chi connectivity index (χ0) is 22.0. The second kappa shape index (κ2) is 8.85. The van der Waals surface area contributed by atoms with E-state index >= 15 is 0 Å². The molecule has 3 rings (SSSR count). The predicted octanol–water partition coefficient (Wildman–Crippen LogP) is 4.60. The maximum atomic E-state index is 12.5. The molecule has 0 atom stereocenters. The highest BCUT2D eigenvalue weighted by Crippen LogP contribution is 2.27. The monoisotopic (exact) mass is 446 g/mol. The number of ether oxygens (including phenoxy) is 1. The highest BCUT2D eigenvalue weighted by molar-refractivity contribution is 6.34. The number of aromatic nitrogens is 3. The SMILES string of the molecule is Cc1cc(C)c(NC(=O)COC(=O)c2nc(-n3nc(C)cc3C)ccc2Cl)c(Cl)c1. The number of esters is 1. The minimum atomic E-state index is -0.815. The first-order chi connectivity index (χ1) is 14.2. The van der Waals surface area contributed by atoms with Gasteiger partial charge in [0.1, 0.15) is 0 Å². The van der Waals surface area contributed by atoms with Crippen LogP contribution in [0.4, 0.5) is 5.69 Å². The Morgan fingerprint density at radius 2 is 1.80 bits per heavy atom. The minimum absolute atomic E-state index is 0.0981. The summed E-state index contributed by atoms with van der Waals surface area (Å²) in [7, 11) is 0. The van der Waals surface area contributed by atoms with Crippen LogP contribution in [0.5, 0.6) is 0 Å². The summed E-state index contributed by atoms with van der Waals surface area (Å²) in [5.74, 6) is -0.920.